The summed E-state index contributed by atoms with van der Waals surface area (Å²) in [5.41, 5.74) is 0.837. The van der Waals surface area contributed by atoms with E-state index in [1.165, 1.54) is 0 Å². The highest BCUT2D eigenvalue weighted by atomic mass is 32.2. The maximum Gasteiger partial charge on any atom is 0.319 e. The number of anilines is 1. The lowest BCUT2D eigenvalue weighted by molar-refractivity contribution is 0.133. The van der Waals surface area contributed by atoms with Crippen molar-refractivity contribution < 1.29 is 9.90 Å². The number of aliphatic hydroxyl groups excluding tert-OH is 1. The number of hydrogen-bond donors (Lipinski definition) is 3. The van der Waals surface area contributed by atoms with Gasteiger partial charge >= 0.3 is 6.03 Å². The van der Waals surface area contributed by atoms with Gasteiger partial charge in [0.05, 0.1) is 11.8 Å². The van der Waals surface area contributed by atoms with Crippen LogP contribution in [0.4, 0.5) is 10.5 Å². The van der Waals surface area contributed by atoms with Crippen molar-refractivity contribution in [3.63, 3.8) is 0 Å². The second kappa shape index (κ2) is 7.55. The Morgan fingerprint density at radius 1 is 1.40 bits per heavy atom. The summed E-state index contributed by atoms with van der Waals surface area (Å²) in [6.45, 7) is 2.62. The van der Waals surface area contributed by atoms with E-state index in [-0.39, 0.29) is 18.1 Å². The number of benzene rings is 1. The summed E-state index contributed by atoms with van der Waals surface area (Å²) in [6.07, 6.45) is 2.62. The quantitative estimate of drug-likeness (QED) is 0.731. The van der Waals surface area contributed by atoms with Crippen LogP contribution in [0.2, 0.25) is 0 Å². The number of aliphatic hydroxyl groups is 1. The van der Waals surface area contributed by atoms with Crippen LogP contribution in [-0.2, 0) is 0 Å². The van der Waals surface area contributed by atoms with Gasteiger partial charge in [0.15, 0.2) is 0 Å². The van der Waals surface area contributed by atoms with Crippen molar-refractivity contribution >= 4 is 23.5 Å². The lowest BCUT2D eigenvalue weighted by atomic mass is 10.1. The predicted octanol–water partition coefficient (Wildman–Crippen LogP) is 3.08. The van der Waals surface area contributed by atoms with Gasteiger partial charge in [-0.05, 0) is 30.7 Å². The van der Waals surface area contributed by atoms with Gasteiger partial charge in [0.1, 0.15) is 0 Å². The van der Waals surface area contributed by atoms with Crippen molar-refractivity contribution in [2.24, 2.45) is 5.92 Å². The molecule has 0 bridgehead atoms. The van der Waals surface area contributed by atoms with Crippen LogP contribution in [0.25, 0.3) is 0 Å². The van der Waals surface area contributed by atoms with E-state index in [1.807, 2.05) is 24.3 Å². The number of urea groups is 1. The minimum absolute atomic E-state index is 0.195. The summed E-state index contributed by atoms with van der Waals surface area (Å²) in [4.78, 5) is 13.0. The molecule has 1 aliphatic rings. The Morgan fingerprint density at radius 2 is 2.20 bits per heavy atom. The molecule has 0 saturated heterocycles. The fraction of sp³-hybridized carbons (Fsp3) is 0.533. The number of hydrogen-bond acceptors (Lipinski definition) is 3. The van der Waals surface area contributed by atoms with E-state index in [2.05, 4.69) is 17.6 Å². The van der Waals surface area contributed by atoms with Gasteiger partial charge in [-0.2, -0.15) is 0 Å². The van der Waals surface area contributed by atoms with E-state index in [0.717, 1.165) is 35.6 Å². The van der Waals surface area contributed by atoms with Gasteiger partial charge in [0, 0.05) is 17.4 Å². The van der Waals surface area contributed by atoms with E-state index in [9.17, 15) is 9.90 Å². The van der Waals surface area contributed by atoms with E-state index in [4.69, 9.17) is 0 Å². The molecular formula is C15H22N2O2S. The smallest absolute Gasteiger partial charge is 0.319 e. The number of carbonyl (C=O) groups is 1. The molecule has 1 saturated carbocycles. The molecule has 2 atom stereocenters. The summed E-state index contributed by atoms with van der Waals surface area (Å²) >= 11 is 1.71. The van der Waals surface area contributed by atoms with Gasteiger partial charge in [-0.3, -0.25) is 0 Å². The number of rotatable bonds is 5. The zero-order valence-corrected chi connectivity index (χ0v) is 12.6. The topological polar surface area (TPSA) is 61.4 Å². The Kier molecular flexibility index (Phi) is 5.73. The standard InChI is InChI=1S/C15H22N2O2S/c1-2-20-14-9-4-3-7-12(14)17-15(19)16-10-11-6-5-8-13(11)18/h3-4,7,9,11,13,18H,2,5-6,8,10H2,1H3,(H2,16,17,19)/t11-,13+/m0/s1. The van der Waals surface area contributed by atoms with E-state index < -0.39 is 0 Å². The molecule has 0 radical (unpaired) electrons. The fourth-order valence-electron chi connectivity index (χ4n) is 2.50. The second-order valence-electron chi connectivity index (χ2n) is 5.02. The number of amides is 2. The summed E-state index contributed by atoms with van der Waals surface area (Å²) in [7, 11) is 0. The lowest BCUT2D eigenvalue weighted by Crippen LogP contribution is -2.35. The number of para-hydroxylation sites is 1. The minimum Gasteiger partial charge on any atom is -0.393 e. The van der Waals surface area contributed by atoms with E-state index in [0.29, 0.717) is 6.54 Å². The average molecular weight is 294 g/mol. The molecule has 20 heavy (non-hydrogen) atoms. The molecule has 5 heteroatoms. The molecule has 1 aromatic rings. The summed E-state index contributed by atoms with van der Waals surface area (Å²) in [5.74, 6) is 1.16. The van der Waals surface area contributed by atoms with Crippen molar-refractivity contribution in [2.75, 3.05) is 17.6 Å². The third kappa shape index (κ3) is 4.15. The Morgan fingerprint density at radius 3 is 2.90 bits per heavy atom. The van der Waals surface area contributed by atoms with Crippen LogP contribution in [0, 0.1) is 5.92 Å². The highest BCUT2D eigenvalue weighted by Crippen LogP contribution is 2.27. The summed E-state index contributed by atoms with van der Waals surface area (Å²) in [5, 5.41) is 15.5. The van der Waals surface area contributed by atoms with Crippen LogP contribution in [-0.4, -0.2) is 29.5 Å². The number of carbonyl (C=O) groups excluding carboxylic acids is 1. The Bertz CT molecular complexity index is 453. The number of thioether (sulfide) groups is 1. The fourth-order valence-corrected chi connectivity index (χ4v) is 3.26. The summed E-state index contributed by atoms with van der Waals surface area (Å²) < 4.78 is 0. The van der Waals surface area contributed by atoms with Crippen molar-refractivity contribution in [1.82, 2.24) is 5.32 Å². The monoisotopic (exact) mass is 294 g/mol. The molecule has 110 valence electrons. The maximum absolute atomic E-state index is 11.9. The highest BCUT2D eigenvalue weighted by molar-refractivity contribution is 7.99. The van der Waals surface area contributed by atoms with E-state index in [1.54, 1.807) is 11.8 Å². The first-order chi connectivity index (χ1) is 9.70. The van der Waals surface area contributed by atoms with Crippen LogP contribution in [0.3, 0.4) is 0 Å². The third-order valence-electron chi connectivity index (χ3n) is 3.58. The molecule has 1 fully saturated rings. The minimum atomic E-state index is -0.266. The molecule has 0 aliphatic heterocycles. The normalized spacial score (nSPS) is 21.7. The van der Waals surface area contributed by atoms with Crippen molar-refractivity contribution in [3.8, 4) is 0 Å². The average Bonchev–Trinajstić information content (AvgIpc) is 2.84. The Balaban J connectivity index is 1.85. The first-order valence-corrected chi connectivity index (χ1v) is 8.14. The highest BCUT2D eigenvalue weighted by Gasteiger charge is 2.25. The van der Waals surface area contributed by atoms with Crippen LogP contribution in [0.5, 0.6) is 0 Å². The molecule has 0 heterocycles. The van der Waals surface area contributed by atoms with Crippen molar-refractivity contribution in [2.45, 2.75) is 37.2 Å². The molecule has 2 rings (SSSR count). The van der Waals surface area contributed by atoms with Gasteiger partial charge in [-0.1, -0.05) is 25.5 Å². The largest absolute Gasteiger partial charge is 0.393 e. The molecule has 0 unspecified atom stereocenters. The number of nitrogens with one attached hydrogen (secondary N) is 2. The predicted molar refractivity (Wildman–Crippen MR) is 83.2 cm³/mol. The molecule has 3 N–H and O–H groups in total. The molecule has 0 spiro atoms. The first-order valence-electron chi connectivity index (χ1n) is 7.15. The zero-order valence-electron chi connectivity index (χ0n) is 11.8. The second-order valence-corrected chi connectivity index (χ2v) is 6.33. The molecule has 2 amide bonds. The van der Waals surface area contributed by atoms with Gasteiger partial charge in [-0.15, -0.1) is 11.8 Å². The van der Waals surface area contributed by atoms with Crippen LogP contribution in [0.15, 0.2) is 29.2 Å². The first kappa shape index (κ1) is 15.2. The van der Waals surface area contributed by atoms with Crippen molar-refractivity contribution in [1.29, 1.82) is 0 Å². The third-order valence-corrected chi connectivity index (χ3v) is 4.53. The molecule has 1 aromatic carbocycles. The Hall–Kier alpha value is -1.20. The summed E-state index contributed by atoms with van der Waals surface area (Å²) in [6, 6.07) is 7.59. The van der Waals surface area contributed by atoms with E-state index >= 15 is 0 Å². The van der Waals surface area contributed by atoms with Crippen LogP contribution >= 0.6 is 11.8 Å². The maximum atomic E-state index is 11.9. The van der Waals surface area contributed by atoms with Crippen molar-refractivity contribution in [3.05, 3.63) is 24.3 Å². The van der Waals surface area contributed by atoms with Crippen LogP contribution in [0.1, 0.15) is 26.2 Å². The van der Waals surface area contributed by atoms with Gasteiger partial charge in [-0.25, -0.2) is 4.79 Å². The lowest BCUT2D eigenvalue weighted by Gasteiger charge is -2.16. The molecule has 4 nitrogen and oxygen atoms in total. The molecule has 1 aliphatic carbocycles. The molecular weight excluding hydrogens is 272 g/mol. The van der Waals surface area contributed by atoms with Crippen LogP contribution < -0.4 is 10.6 Å². The SMILES string of the molecule is CCSc1ccccc1NC(=O)NC[C@@H]1CCC[C@H]1O. The van der Waals surface area contributed by atoms with Gasteiger partial charge < -0.3 is 15.7 Å². The van der Waals surface area contributed by atoms with Gasteiger partial charge in [0.2, 0.25) is 0 Å². The molecule has 0 aromatic heterocycles. The Labute approximate surface area is 124 Å². The van der Waals surface area contributed by atoms with Gasteiger partial charge in [0.25, 0.3) is 0 Å². The zero-order chi connectivity index (χ0) is 14.4.